The van der Waals surface area contributed by atoms with E-state index in [1.807, 2.05) is 30.3 Å². The molecule has 1 aromatic carbocycles. The lowest BCUT2D eigenvalue weighted by Gasteiger charge is -2.26. The number of hydrogen-bond donors (Lipinski definition) is 2. The average molecular weight is 354 g/mol. The molecule has 3 aromatic rings. The van der Waals surface area contributed by atoms with Gasteiger partial charge in [-0.3, -0.25) is 4.98 Å². The molecule has 4 rings (SSSR count). The first kappa shape index (κ1) is 15.5. The monoisotopic (exact) mass is 354 g/mol. The van der Waals surface area contributed by atoms with Crippen LogP contribution >= 0.6 is 11.3 Å². The number of nitrogens with one attached hydrogen (secondary N) is 1. The van der Waals surface area contributed by atoms with E-state index in [0.717, 1.165) is 32.8 Å². The van der Waals surface area contributed by atoms with Gasteiger partial charge in [0.2, 0.25) is 5.01 Å². The predicted octanol–water partition coefficient (Wildman–Crippen LogP) is 2.98. The molecule has 2 aromatic heterocycles. The number of carbonyl (C=O) groups excluding carboxylic acids is 1. The van der Waals surface area contributed by atoms with Crippen molar-refractivity contribution < 1.29 is 14.7 Å². The first-order valence-corrected chi connectivity index (χ1v) is 8.55. The third kappa shape index (κ3) is 2.91. The maximum absolute atomic E-state index is 12.6. The minimum atomic E-state index is -1.03. The third-order valence-electron chi connectivity index (χ3n) is 4.09. The first-order chi connectivity index (χ1) is 12.1. The largest absolute Gasteiger partial charge is 0.476 e. The van der Waals surface area contributed by atoms with Crippen molar-refractivity contribution in [2.24, 2.45) is 0 Å². The van der Waals surface area contributed by atoms with E-state index in [2.05, 4.69) is 15.3 Å². The average Bonchev–Trinajstić information content (AvgIpc) is 3.05. The van der Waals surface area contributed by atoms with Gasteiger partial charge in [-0.15, -0.1) is 11.3 Å². The Morgan fingerprint density at radius 2 is 2.12 bits per heavy atom. The highest BCUT2D eigenvalue weighted by atomic mass is 32.1. The van der Waals surface area contributed by atoms with Gasteiger partial charge < -0.3 is 15.3 Å². The van der Waals surface area contributed by atoms with E-state index >= 15 is 0 Å². The van der Waals surface area contributed by atoms with Crippen LogP contribution in [-0.2, 0) is 13.0 Å². The summed E-state index contributed by atoms with van der Waals surface area (Å²) in [5.41, 5.74) is 2.30. The number of urea groups is 1. The number of fused-ring (bicyclic) bond motifs is 2. The van der Waals surface area contributed by atoms with Crippen molar-refractivity contribution >= 4 is 39.9 Å². The molecule has 0 aliphatic carbocycles. The van der Waals surface area contributed by atoms with E-state index in [4.69, 9.17) is 5.11 Å². The van der Waals surface area contributed by atoms with Gasteiger partial charge in [-0.25, -0.2) is 14.6 Å². The smallest absolute Gasteiger partial charge is 0.365 e. The molecule has 0 saturated heterocycles. The zero-order valence-corrected chi connectivity index (χ0v) is 13.9. The summed E-state index contributed by atoms with van der Waals surface area (Å²) in [5, 5.41) is 12.9. The molecular weight excluding hydrogens is 340 g/mol. The summed E-state index contributed by atoms with van der Waals surface area (Å²) < 4.78 is 0. The molecule has 1 aliphatic heterocycles. The lowest BCUT2D eigenvalue weighted by atomic mass is 10.1. The highest BCUT2D eigenvalue weighted by Gasteiger charge is 2.25. The number of thiazole rings is 1. The highest BCUT2D eigenvalue weighted by molar-refractivity contribution is 7.13. The van der Waals surface area contributed by atoms with Gasteiger partial charge in [0.25, 0.3) is 0 Å². The molecule has 0 bridgehead atoms. The van der Waals surface area contributed by atoms with Crippen LogP contribution in [0.4, 0.5) is 10.5 Å². The molecule has 2 N–H and O–H groups in total. The van der Waals surface area contributed by atoms with Gasteiger partial charge in [0.1, 0.15) is 0 Å². The Hall–Kier alpha value is -3.00. The zero-order chi connectivity index (χ0) is 17.4. The van der Waals surface area contributed by atoms with Crippen LogP contribution in [0.2, 0.25) is 0 Å². The van der Waals surface area contributed by atoms with Crippen molar-refractivity contribution in [1.82, 2.24) is 14.9 Å². The molecule has 7 nitrogen and oxygen atoms in total. The van der Waals surface area contributed by atoms with Crippen LogP contribution < -0.4 is 5.32 Å². The van der Waals surface area contributed by atoms with Crippen LogP contribution in [0, 0.1) is 0 Å². The fourth-order valence-electron chi connectivity index (χ4n) is 2.87. The Balaban J connectivity index is 1.54. The molecule has 126 valence electrons. The van der Waals surface area contributed by atoms with Crippen molar-refractivity contribution in [2.45, 2.75) is 13.0 Å². The molecule has 8 heteroatoms. The number of hydrogen-bond acceptors (Lipinski definition) is 5. The number of carboxylic acid groups (broad SMARTS) is 1. The molecule has 25 heavy (non-hydrogen) atoms. The molecule has 0 unspecified atom stereocenters. The minimum Gasteiger partial charge on any atom is -0.476 e. The topological polar surface area (TPSA) is 95.4 Å². The molecule has 0 fully saturated rings. The number of carboxylic acids is 1. The summed E-state index contributed by atoms with van der Waals surface area (Å²) in [6.45, 7) is 0.875. The van der Waals surface area contributed by atoms with Crippen LogP contribution in [0.15, 0.2) is 36.5 Å². The SMILES string of the molecule is O=C(O)c1nc2c(s1)CN(C(=O)Nc1cccc3ncccc13)CC2. The summed E-state index contributed by atoms with van der Waals surface area (Å²) >= 11 is 1.13. The quantitative estimate of drug-likeness (QED) is 0.738. The number of pyridine rings is 1. The second-order valence-corrected chi connectivity index (χ2v) is 6.76. The maximum Gasteiger partial charge on any atom is 0.365 e. The van der Waals surface area contributed by atoms with Gasteiger partial charge in [-0.2, -0.15) is 0 Å². The molecule has 0 spiro atoms. The van der Waals surface area contributed by atoms with Crippen molar-refractivity contribution in [3.63, 3.8) is 0 Å². The van der Waals surface area contributed by atoms with E-state index < -0.39 is 5.97 Å². The van der Waals surface area contributed by atoms with Crippen molar-refractivity contribution in [3.8, 4) is 0 Å². The van der Waals surface area contributed by atoms with Gasteiger partial charge in [0.05, 0.1) is 23.4 Å². The van der Waals surface area contributed by atoms with Crippen LogP contribution in [-0.4, -0.2) is 38.5 Å². The number of anilines is 1. The third-order valence-corrected chi connectivity index (χ3v) is 5.16. The molecule has 1 aliphatic rings. The summed E-state index contributed by atoms with van der Waals surface area (Å²) in [6.07, 6.45) is 2.27. The normalized spacial score (nSPS) is 13.5. The van der Waals surface area contributed by atoms with Gasteiger partial charge >= 0.3 is 12.0 Å². The first-order valence-electron chi connectivity index (χ1n) is 7.73. The van der Waals surface area contributed by atoms with Crippen molar-refractivity contribution in [3.05, 3.63) is 52.1 Å². The lowest BCUT2D eigenvalue weighted by Crippen LogP contribution is -2.38. The Labute approximate surface area is 146 Å². The molecule has 0 radical (unpaired) electrons. The van der Waals surface area contributed by atoms with E-state index in [9.17, 15) is 9.59 Å². The Bertz CT molecular complexity index is 980. The van der Waals surface area contributed by atoms with Crippen LogP contribution in [0.5, 0.6) is 0 Å². The summed E-state index contributed by atoms with van der Waals surface area (Å²) in [5.74, 6) is -1.03. The summed E-state index contributed by atoms with van der Waals surface area (Å²) in [4.78, 5) is 34.6. The highest BCUT2D eigenvalue weighted by Crippen LogP contribution is 2.27. The molecule has 2 amide bonds. The van der Waals surface area contributed by atoms with Crippen molar-refractivity contribution in [2.75, 3.05) is 11.9 Å². The molecule has 3 heterocycles. The number of nitrogens with zero attached hydrogens (tertiary/aromatic N) is 3. The van der Waals surface area contributed by atoms with Gasteiger partial charge in [-0.1, -0.05) is 6.07 Å². The number of amides is 2. The number of aromatic nitrogens is 2. The number of carbonyl (C=O) groups is 2. The van der Waals surface area contributed by atoms with Crippen LogP contribution in [0.1, 0.15) is 20.4 Å². The van der Waals surface area contributed by atoms with E-state index in [-0.39, 0.29) is 11.0 Å². The van der Waals surface area contributed by atoms with E-state index in [1.54, 1.807) is 11.1 Å². The van der Waals surface area contributed by atoms with E-state index in [0.29, 0.717) is 25.2 Å². The lowest BCUT2D eigenvalue weighted by molar-refractivity contribution is 0.0696. The maximum atomic E-state index is 12.6. The Morgan fingerprint density at radius 1 is 1.24 bits per heavy atom. The fourth-order valence-corrected chi connectivity index (χ4v) is 3.83. The van der Waals surface area contributed by atoms with Gasteiger partial charge in [0, 0.05) is 29.4 Å². The Morgan fingerprint density at radius 3 is 2.96 bits per heavy atom. The second-order valence-electron chi connectivity index (χ2n) is 5.67. The summed E-state index contributed by atoms with van der Waals surface area (Å²) in [6, 6.07) is 9.11. The fraction of sp³-hybridized carbons (Fsp3) is 0.176. The molecule has 0 atom stereocenters. The van der Waals surface area contributed by atoms with Gasteiger partial charge in [0.15, 0.2) is 0 Å². The summed E-state index contributed by atoms with van der Waals surface area (Å²) in [7, 11) is 0. The Kier molecular flexibility index (Phi) is 3.81. The number of rotatable bonds is 2. The molecular formula is C17H14N4O3S. The van der Waals surface area contributed by atoms with Crippen LogP contribution in [0.3, 0.4) is 0 Å². The second kappa shape index (κ2) is 6.14. The standard InChI is InChI=1S/C17H14N4O3S/c22-16(23)15-19-13-6-8-21(9-14(13)25-15)17(24)20-12-5-1-4-11-10(12)3-2-7-18-11/h1-5,7H,6,8-9H2,(H,20,24)(H,22,23). The molecule has 0 saturated carbocycles. The number of benzene rings is 1. The zero-order valence-electron chi connectivity index (χ0n) is 13.1. The predicted molar refractivity (Wildman–Crippen MR) is 93.9 cm³/mol. The van der Waals surface area contributed by atoms with E-state index in [1.165, 1.54) is 0 Å². The minimum absolute atomic E-state index is 0.0763. The van der Waals surface area contributed by atoms with Gasteiger partial charge in [-0.05, 0) is 24.3 Å². The van der Waals surface area contributed by atoms with Crippen LogP contribution in [0.25, 0.3) is 10.9 Å². The number of aromatic carboxylic acids is 1. The van der Waals surface area contributed by atoms with Crippen molar-refractivity contribution in [1.29, 1.82) is 0 Å².